The van der Waals surface area contributed by atoms with Crippen LogP contribution in [0.15, 0.2) is 46.9 Å². The van der Waals surface area contributed by atoms with Gasteiger partial charge in [0.1, 0.15) is 11.5 Å². The van der Waals surface area contributed by atoms with E-state index in [4.69, 9.17) is 0 Å². The molecule has 0 amide bonds. The lowest BCUT2D eigenvalue weighted by Crippen LogP contribution is -2.15. The minimum Gasteiger partial charge on any atom is -0.508 e. The summed E-state index contributed by atoms with van der Waals surface area (Å²) >= 11 is 3.22. The van der Waals surface area contributed by atoms with E-state index in [9.17, 15) is 25.2 Å². The van der Waals surface area contributed by atoms with Crippen molar-refractivity contribution in [1.82, 2.24) is 0 Å². The van der Waals surface area contributed by atoms with Crippen molar-refractivity contribution in [2.45, 2.75) is 60.7 Å². The van der Waals surface area contributed by atoms with Gasteiger partial charge in [0.2, 0.25) is 0 Å². The molecule has 0 unspecified atom stereocenters. The highest BCUT2D eigenvalue weighted by Gasteiger charge is 2.20. The summed E-state index contributed by atoms with van der Waals surface area (Å²) in [5.41, 5.74) is -0.351. The van der Waals surface area contributed by atoms with E-state index < -0.39 is 11.2 Å². The molecular weight excluding hydrogens is 448 g/mol. The van der Waals surface area contributed by atoms with Gasteiger partial charge in [-0.3, -0.25) is 4.79 Å². The summed E-state index contributed by atoms with van der Waals surface area (Å²) in [5.74, 6) is 0.0844. The van der Waals surface area contributed by atoms with E-state index >= 15 is 0 Å². The average molecular weight is 483 g/mol. The van der Waals surface area contributed by atoms with Crippen LogP contribution in [0.25, 0.3) is 6.08 Å². The number of hydrogen-bond donors (Lipinski definition) is 4. The Kier molecular flexibility index (Phi) is 11.9. The number of aliphatic hydroxyl groups is 2. The summed E-state index contributed by atoms with van der Waals surface area (Å²) < 4.78 is 0.799. The van der Waals surface area contributed by atoms with Crippen LogP contribution in [-0.2, 0) is 16.0 Å². The van der Waals surface area contributed by atoms with Crippen LogP contribution in [0.2, 0.25) is 0 Å². The summed E-state index contributed by atoms with van der Waals surface area (Å²) in [7, 11) is 0. The Morgan fingerprint density at radius 3 is 1.67 bits per heavy atom. The molecule has 4 N–H and O–H groups in total. The fourth-order valence-corrected chi connectivity index (χ4v) is 2.75. The number of rotatable bonds is 4. The molecule has 6 heteroatoms. The topological polar surface area (TPSA) is 98.0 Å². The number of phenolic OH excluding ortho intramolecular Hbond substituents is 2. The minimum atomic E-state index is -1.08. The van der Waals surface area contributed by atoms with Gasteiger partial charge in [-0.2, -0.15) is 0 Å². The van der Waals surface area contributed by atoms with Gasteiger partial charge in [-0.25, -0.2) is 0 Å². The third-order valence-electron chi connectivity index (χ3n) is 3.81. The van der Waals surface area contributed by atoms with Crippen LogP contribution >= 0.6 is 15.9 Å². The molecule has 5 nitrogen and oxygen atoms in total. The van der Waals surface area contributed by atoms with Crippen LogP contribution in [-0.4, -0.2) is 26.2 Å². The first kappa shape index (κ1) is 30.0. The predicted molar refractivity (Wildman–Crippen MR) is 128 cm³/mol. The molecule has 0 radical (unpaired) electrons. The van der Waals surface area contributed by atoms with Crippen LogP contribution in [0.3, 0.4) is 0 Å². The summed E-state index contributed by atoms with van der Waals surface area (Å²) in [6.07, 6.45) is 3.05. The fourth-order valence-electron chi connectivity index (χ4n) is 2.41. The molecule has 0 fully saturated rings. The van der Waals surface area contributed by atoms with E-state index in [0.29, 0.717) is 11.1 Å². The standard InChI is InChI=1S/C13H16O3.C9H11BrO2.2CH4/c1-9(14)4-5-10-6-7-11(12(15)8-10)13(2,3)16;1-9(2,12)7-4-3-6(10)5-8(7)11;;/h4-8,15-16H,1-3H3;3-5,11-12H,1-2H3;2*1H4/b5-4+;;;. The number of benzene rings is 2. The Hall–Kier alpha value is -2.15. The number of aromatic hydroxyl groups is 2. The van der Waals surface area contributed by atoms with Gasteiger partial charge in [-0.1, -0.05) is 55.1 Å². The maximum absolute atomic E-state index is 10.7. The third kappa shape index (κ3) is 9.57. The second kappa shape index (κ2) is 11.9. The van der Waals surface area contributed by atoms with Crippen molar-refractivity contribution in [1.29, 1.82) is 0 Å². The van der Waals surface area contributed by atoms with Crippen LogP contribution in [0.4, 0.5) is 0 Å². The SMILES string of the molecule is C.C.CC(=O)/C=C/c1ccc(C(C)(C)O)c(O)c1.CC(C)(O)c1ccc(Br)cc1O. The number of ketones is 1. The number of halogens is 1. The summed E-state index contributed by atoms with van der Waals surface area (Å²) in [5, 5.41) is 38.5. The van der Waals surface area contributed by atoms with Crippen molar-refractivity contribution in [2.24, 2.45) is 0 Å². The van der Waals surface area contributed by atoms with E-state index in [1.807, 2.05) is 0 Å². The van der Waals surface area contributed by atoms with Gasteiger partial charge < -0.3 is 20.4 Å². The molecule has 0 atom stereocenters. The molecule has 0 saturated heterocycles. The van der Waals surface area contributed by atoms with Gasteiger partial charge in [-0.05, 0) is 64.5 Å². The molecule has 2 aromatic carbocycles. The monoisotopic (exact) mass is 482 g/mol. The zero-order chi connectivity index (χ0) is 21.7. The van der Waals surface area contributed by atoms with E-state index in [2.05, 4.69) is 15.9 Å². The number of carbonyl (C=O) groups excluding carboxylic acids is 1. The first-order chi connectivity index (χ1) is 12.7. The summed E-state index contributed by atoms with van der Waals surface area (Å²) in [6.45, 7) is 7.94. The van der Waals surface area contributed by atoms with Gasteiger partial charge in [0.15, 0.2) is 5.78 Å². The van der Waals surface area contributed by atoms with Gasteiger partial charge in [0, 0.05) is 15.6 Å². The van der Waals surface area contributed by atoms with E-state index in [-0.39, 0.29) is 32.1 Å². The Morgan fingerprint density at radius 2 is 1.30 bits per heavy atom. The average Bonchev–Trinajstić information content (AvgIpc) is 2.51. The predicted octanol–water partition coefficient (Wildman–Crippen LogP) is 5.88. The smallest absolute Gasteiger partial charge is 0.152 e. The van der Waals surface area contributed by atoms with Crippen molar-refractivity contribution in [3.8, 4) is 11.5 Å². The molecule has 168 valence electrons. The van der Waals surface area contributed by atoms with Gasteiger partial charge in [0.05, 0.1) is 11.2 Å². The largest absolute Gasteiger partial charge is 0.508 e. The Labute approximate surface area is 188 Å². The molecule has 0 saturated carbocycles. The van der Waals surface area contributed by atoms with Gasteiger partial charge in [0.25, 0.3) is 0 Å². The highest BCUT2D eigenvalue weighted by Crippen LogP contribution is 2.31. The Morgan fingerprint density at radius 1 is 0.867 bits per heavy atom. The van der Waals surface area contributed by atoms with Gasteiger partial charge >= 0.3 is 0 Å². The molecule has 0 aromatic heterocycles. The lowest BCUT2D eigenvalue weighted by atomic mass is 9.96. The van der Waals surface area contributed by atoms with Crippen LogP contribution in [0.5, 0.6) is 11.5 Å². The zero-order valence-corrected chi connectivity index (χ0v) is 18.3. The van der Waals surface area contributed by atoms with Crippen molar-refractivity contribution < 1.29 is 25.2 Å². The highest BCUT2D eigenvalue weighted by atomic mass is 79.9. The Balaban J connectivity index is 0. The zero-order valence-electron chi connectivity index (χ0n) is 16.7. The summed E-state index contributed by atoms with van der Waals surface area (Å²) in [6, 6.07) is 9.95. The van der Waals surface area contributed by atoms with E-state index in [0.717, 1.165) is 10.0 Å². The number of carbonyl (C=O) groups is 1. The first-order valence-electron chi connectivity index (χ1n) is 8.67. The van der Waals surface area contributed by atoms with Crippen LogP contribution in [0.1, 0.15) is 66.2 Å². The molecule has 2 aromatic rings. The van der Waals surface area contributed by atoms with Crippen molar-refractivity contribution >= 4 is 27.8 Å². The van der Waals surface area contributed by atoms with Crippen molar-refractivity contribution in [3.05, 3.63) is 63.6 Å². The van der Waals surface area contributed by atoms with Gasteiger partial charge in [-0.15, -0.1) is 0 Å². The number of allylic oxidation sites excluding steroid dienone is 1. The van der Waals surface area contributed by atoms with Crippen molar-refractivity contribution in [2.75, 3.05) is 0 Å². The first-order valence-corrected chi connectivity index (χ1v) is 9.47. The molecule has 0 bridgehead atoms. The molecular formula is C24H35BrO5. The lowest BCUT2D eigenvalue weighted by Gasteiger charge is -2.19. The summed E-state index contributed by atoms with van der Waals surface area (Å²) in [4.78, 5) is 10.7. The Bertz CT molecular complexity index is 859. The normalized spacial score (nSPS) is 11.1. The molecule has 2 rings (SSSR count). The maximum atomic E-state index is 10.7. The second-order valence-corrected chi connectivity index (χ2v) is 8.42. The van der Waals surface area contributed by atoms with E-state index in [1.54, 1.807) is 64.1 Å². The quantitative estimate of drug-likeness (QED) is 0.408. The van der Waals surface area contributed by atoms with Crippen LogP contribution in [0, 0.1) is 0 Å². The molecule has 30 heavy (non-hydrogen) atoms. The second-order valence-electron chi connectivity index (χ2n) is 7.50. The van der Waals surface area contributed by atoms with Crippen molar-refractivity contribution in [3.63, 3.8) is 0 Å². The molecule has 0 aliphatic carbocycles. The molecule has 0 spiro atoms. The fraction of sp³-hybridized carbons (Fsp3) is 0.375. The molecule has 0 aliphatic heterocycles. The lowest BCUT2D eigenvalue weighted by molar-refractivity contribution is -0.112. The molecule has 0 aliphatic rings. The third-order valence-corrected chi connectivity index (χ3v) is 4.30. The maximum Gasteiger partial charge on any atom is 0.152 e. The highest BCUT2D eigenvalue weighted by molar-refractivity contribution is 9.10. The van der Waals surface area contributed by atoms with Crippen LogP contribution < -0.4 is 0 Å². The number of hydrogen-bond acceptors (Lipinski definition) is 5. The molecule has 0 heterocycles. The number of phenols is 2. The van der Waals surface area contributed by atoms with E-state index in [1.165, 1.54) is 19.1 Å². The minimum absolute atomic E-state index is 0.